The molecule has 0 radical (unpaired) electrons. The summed E-state index contributed by atoms with van der Waals surface area (Å²) in [7, 11) is 1.69. The van der Waals surface area contributed by atoms with Gasteiger partial charge in [0.1, 0.15) is 5.75 Å². The summed E-state index contributed by atoms with van der Waals surface area (Å²) in [4.78, 5) is 0. The molecule has 0 saturated carbocycles. The van der Waals surface area contributed by atoms with E-state index in [4.69, 9.17) is 4.74 Å². The fraction of sp³-hybridized carbons (Fsp3) is 0.133. The molecule has 19 heavy (non-hydrogen) atoms. The number of hydrogen-bond donors (Lipinski definition) is 2. The average molecular weight is 253 g/mol. The van der Waals surface area contributed by atoms with E-state index in [1.54, 1.807) is 7.11 Å². The Kier molecular flexibility index (Phi) is 3.06. The van der Waals surface area contributed by atoms with Crippen LogP contribution < -0.4 is 10.1 Å². The van der Waals surface area contributed by atoms with Gasteiger partial charge in [0, 0.05) is 17.5 Å². The van der Waals surface area contributed by atoms with Crippen LogP contribution in [0.1, 0.15) is 5.56 Å². The molecular formula is C15H15N3O. The Bertz CT molecular complexity index is 690. The molecule has 3 rings (SSSR count). The van der Waals surface area contributed by atoms with Crippen LogP contribution in [-0.4, -0.2) is 17.3 Å². The number of benzene rings is 2. The van der Waals surface area contributed by atoms with Gasteiger partial charge in [0.25, 0.3) is 0 Å². The van der Waals surface area contributed by atoms with Crippen molar-refractivity contribution in [3.8, 4) is 5.75 Å². The average Bonchev–Trinajstić information content (AvgIpc) is 2.94. The van der Waals surface area contributed by atoms with Gasteiger partial charge in [0.15, 0.2) is 0 Å². The Labute approximate surface area is 111 Å². The molecule has 2 aromatic carbocycles. The highest BCUT2D eigenvalue weighted by Crippen LogP contribution is 2.23. The molecule has 0 saturated heterocycles. The van der Waals surface area contributed by atoms with Crippen molar-refractivity contribution in [2.75, 3.05) is 12.4 Å². The highest BCUT2D eigenvalue weighted by Gasteiger charge is 2.04. The Morgan fingerprint density at radius 3 is 2.95 bits per heavy atom. The van der Waals surface area contributed by atoms with Crippen molar-refractivity contribution >= 4 is 16.6 Å². The van der Waals surface area contributed by atoms with Crippen LogP contribution in [0.15, 0.2) is 48.7 Å². The van der Waals surface area contributed by atoms with Crippen molar-refractivity contribution in [3.05, 3.63) is 54.2 Å². The van der Waals surface area contributed by atoms with Crippen LogP contribution >= 0.6 is 0 Å². The van der Waals surface area contributed by atoms with Crippen LogP contribution in [0.5, 0.6) is 5.75 Å². The number of nitrogens with zero attached hydrogens (tertiary/aromatic N) is 1. The SMILES string of the molecule is COc1ccccc1CNc1cccc2cn[nH]c12. The summed E-state index contributed by atoms with van der Waals surface area (Å²) in [5, 5.41) is 11.6. The first-order valence-electron chi connectivity index (χ1n) is 6.16. The van der Waals surface area contributed by atoms with Crippen LogP contribution in [0, 0.1) is 0 Å². The molecule has 2 N–H and O–H groups in total. The maximum atomic E-state index is 5.35. The second-order valence-electron chi connectivity index (χ2n) is 4.31. The predicted octanol–water partition coefficient (Wildman–Crippen LogP) is 3.18. The number of H-pyrrole nitrogens is 1. The smallest absolute Gasteiger partial charge is 0.123 e. The summed E-state index contributed by atoms with van der Waals surface area (Å²) >= 11 is 0. The first-order chi connectivity index (χ1) is 9.38. The first-order valence-corrected chi connectivity index (χ1v) is 6.16. The molecule has 96 valence electrons. The number of hydrogen-bond acceptors (Lipinski definition) is 3. The lowest BCUT2D eigenvalue weighted by Crippen LogP contribution is -2.02. The lowest BCUT2D eigenvalue weighted by atomic mass is 10.2. The van der Waals surface area contributed by atoms with Crippen molar-refractivity contribution in [2.45, 2.75) is 6.54 Å². The van der Waals surface area contributed by atoms with Crippen molar-refractivity contribution in [1.29, 1.82) is 0 Å². The van der Waals surface area contributed by atoms with E-state index in [1.807, 2.05) is 42.6 Å². The first kappa shape index (κ1) is 11.6. The second-order valence-corrected chi connectivity index (χ2v) is 4.31. The van der Waals surface area contributed by atoms with Gasteiger partial charge in [-0.05, 0) is 12.1 Å². The topological polar surface area (TPSA) is 49.9 Å². The van der Waals surface area contributed by atoms with Crippen molar-refractivity contribution in [2.24, 2.45) is 0 Å². The molecule has 0 aliphatic rings. The Hall–Kier alpha value is -2.49. The monoisotopic (exact) mass is 253 g/mol. The van der Waals surface area contributed by atoms with Crippen LogP contribution in [0.3, 0.4) is 0 Å². The third-order valence-electron chi connectivity index (χ3n) is 3.14. The van der Waals surface area contributed by atoms with Gasteiger partial charge < -0.3 is 10.1 Å². The third-order valence-corrected chi connectivity index (χ3v) is 3.14. The van der Waals surface area contributed by atoms with Crippen molar-refractivity contribution < 1.29 is 4.74 Å². The van der Waals surface area contributed by atoms with Gasteiger partial charge >= 0.3 is 0 Å². The minimum absolute atomic E-state index is 0.710. The molecule has 0 aliphatic heterocycles. The summed E-state index contributed by atoms with van der Waals surface area (Å²) in [6, 6.07) is 14.1. The quantitative estimate of drug-likeness (QED) is 0.750. The molecule has 1 heterocycles. The van der Waals surface area contributed by atoms with Crippen LogP contribution in [0.4, 0.5) is 5.69 Å². The van der Waals surface area contributed by atoms with E-state index in [0.717, 1.165) is 27.9 Å². The number of anilines is 1. The summed E-state index contributed by atoms with van der Waals surface area (Å²) in [6.45, 7) is 0.710. The molecule has 0 atom stereocenters. The molecule has 0 unspecified atom stereocenters. The summed E-state index contributed by atoms with van der Waals surface area (Å²) in [5.74, 6) is 0.895. The zero-order chi connectivity index (χ0) is 13.1. The molecule has 0 spiro atoms. The van der Waals surface area contributed by atoms with Gasteiger partial charge in [-0.2, -0.15) is 5.10 Å². The minimum atomic E-state index is 0.710. The van der Waals surface area contributed by atoms with Crippen LogP contribution in [-0.2, 0) is 6.54 Å². The highest BCUT2D eigenvalue weighted by molar-refractivity contribution is 5.89. The van der Waals surface area contributed by atoms with E-state index in [0.29, 0.717) is 6.54 Å². The van der Waals surface area contributed by atoms with E-state index in [-0.39, 0.29) is 0 Å². The van der Waals surface area contributed by atoms with Gasteiger partial charge in [0.2, 0.25) is 0 Å². The van der Waals surface area contributed by atoms with E-state index in [9.17, 15) is 0 Å². The molecule has 0 amide bonds. The van der Waals surface area contributed by atoms with Gasteiger partial charge in [-0.3, -0.25) is 5.10 Å². The largest absolute Gasteiger partial charge is 0.496 e. The molecule has 1 aromatic heterocycles. The van der Waals surface area contributed by atoms with Gasteiger partial charge in [-0.15, -0.1) is 0 Å². The Balaban J connectivity index is 1.84. The third kappa shape index (κ3) is 2.25. The zero-order valence-corrected chi connectivity index (χ0v) is 10.7. The molecule has 0 fully saturated rings. The second kappa shape index (κ2) is 5.02. The minimum Gasteiger partial charge on any atom is -0.496 e. The van der Waals surface area contributed by atoms with Crippen molar-refractivity contribution in [1.82, 2.24) is 10.2 Å². The number of fused-ring (bicyclic) bond motifs is 1. The summed E-state index contributed by atoms with van der Waals surface area (Å²) < 4.78 is 5.35. The fourth-order valence-electron chi connectivity index (χ4n) is 2.16. The normalized spacial score (nSPS) is 10.6. The van der Waals surface area contributed by atoms with E-state index in [2.05, 4.69) is 21.6 Å². The molecule has 3 aromatic rings. The summed E-state index contributed by atoms with van der Waals surface area (Å²) in [5.41, 5.74) is 3.19. The highest BCUT2D eigenvalue weighted by atomic mass is 16.5. The van der Waals surface area contributed by atoms with Gasteiger partial charge in [-0.25, -0.2) is 0 Å². The van der Waals surface area contributed by atoms with Crippen molar-refractivity contribution in [3.63, 3.8) is 0 Å². The van der Waals surface area contributed by atoms with E-state index < -0.39 is 0 Å². The number of methoxy groups -OCH3 is 1. The number of ether oxygens (including phenoxy) is 1. The maximum absolute atomic E-state index is 5.35. The molecule has 4 heteroatoms. The molecule has 4 nitrogen and oxygen atoms in total. The molecular weight excluding hydrogens is 238 g/mol. The van der Waals surface area contributed by atoms with E-state index in [1.165, 1.54) is 0 Å². The number of rotatable bonds is 4. The number of nitrogens with one attached hydrogen (secondary N) is 2. The van der Waals surface area contributed by atoms with Crippen LogP contribution in [0.25, 0.3) is 10.9 Å². The van der Waals surface area contributed by atoms with E-state index >= 15 is 0 Å². The zero-order valence-electron chi connectivity index (χ0n) is 10.7. The lowest BCUT2D eigenvalue weighted by Gasteiger charge is -2.10. The Morgan fingerprint density at radius 1 is 1.16 bits per heavy atom. The number of para-hydroxylation sites is 2. The van der Waals surface area contributed by atoms with Gasteiger partial charge in [-0.1, -0.05) is 30.3 Å². The van der Waals surface area contributed by atoms with Crippen LogP contribution in [0.2, 0.25) is 0 Å². The maximum Gasteiger partial charge on any atom is 0.123 e. The number of aromatic nitrogens is 2. The standard InChI is InChI=1S/C15H15N3O/c1-19-14-8-3-2-5-11(14)9-16-13-7-4-6-12-10-17-18-15(12)13/h2-8,10,16H,9H2,1H3,(H,17,18). The molecule has 0 aliphatic carbocycles. The van der Waals surface area contributed by atoms with Gasteiger partial charge in [0.05, 0.1) is 24.5 Å². The predicted molar refractivity (Wildman–Crippen MR) is 76.4 cm³/mol. The summed E-state index contributed by atoms with van der Waals surface area (Å²) in [6.07, 6.45) is 1.82. The Morgan fingerprint density at radius 2 is 2.05 bits per heavy atom. The number of aromatic amines is 1. The molecule has 0 bridgehead atoms. The lowest BCUT2D eigenvalue weighted by molar-refractivity contribution is 0.410. The fourth-order valence-corrected chi connectivity index (χ4v) is 2.16.